The molecule has 3 heteroatoms. The summed E-state index contributed by atoms with van der Waals surface area (Å²) in [5, 5.41) is 0. The second-order valence-electron chi connectivity index (χ2n) is 5.90. The zero-order valence-electron chi connectivity index (χ0n) is 11.4. The Balaban J connectivity index is 2.27. The van der Waals surface area contributed by atoms with Gasteiger partial charge in [-0.2, -0.15) is 0 Å². The van der Waals surface area contributed by atoms with Crippen molar-refractivity contribution in [3.63, 3.8) is 0 Å². The highest BCUT2D eigenvalue weighted by atomic mass is 15.1. The summed E-state index contributed by atoms with van der Waals surface area (Å²) in [4.78, 5) is 4.83. The van der Waals surface area contributed by atoms with Gasteiger partial charge in [0.1, 0.15) is 5.82 Å². The fourth-order valence-corrected chi connectivity index (χ4v) is 2.86. The van der Waals surface area contributed by atoms with Gasteiger partial charge in [-0.25, -0.2) is 4.98 Å². The predicted octanol–water partition coefficient (Wildman–Crippen LogP) is 3.26. The molecule has 1 saturated carbocycles. The van der Waals surface area contributed by atoms with Crippen LogP contribution in [0.4, 0.5) is 0 Å². The average molecular weight is 243 g/mol. The van der Waals surface area contributed by atoms with Crippen LogP contribution in [0.25, 0.3) is 11.0 Å². The Labute approximate surface area is 108 Å². The minimum absolute atomic E-state index is 0.197. The van der Waals surface area contributed by atoms with E-state index in [4.69, 9.17) is 10.7 Å². The van der Waals surface area contributed by atoms with Crippen LogP contribution in [0.15, 0.2) is 18.2 Å². The molecule has 0 aliphatic heterocycles. The van der Waals surface area contributed by atoms with Crippen LogP contribution < -0.4 is 5.73 Å². The summed E-state index contributed by atoms with van der Waals surface area (Å²) in [6, 6.07) is 6.87. The van der Waals surface area contributed by atoms with Gasteiger partial charge in [-0.1, -0.05) is 6.07 Å². The van der Waals surface area contributed by atoms with E-state index in [1.54, 1.807) is 0 Å². The van der Waals surface area contributed by atoms with Crippen molar-refractivity contribution in [3.05, 3.63) is 29.6 Å². The zero-order chi connectivity index (χ0) is 12.9. The van der Waals surface area contributed by atoms with E-state index >= 15 is 0 Å². The first kappa shape index (κ1) is 11.7. The molecule has 18 heavy (non-hydrogen) atoms. The Morgan fingerprint density at radius 2 is 2.06 bits per heavy atom. The van der Waals surface area contributed by atoms with Crippen LogP contribution in [-0.4, -0.2) is 9.55 Å². The highest BCUT2D eigenvalue weighted by Crippen LogP contribution is 2.40. The summed E-state index contributed by atoms with van der Waals surface area (Å²) in [5.41, 5.74) is 9.83. The molecule has 0 bridgehead atoms. The van der Waals surface area contributed by atoms with Crippen LogP contribution >= 0.6 is 0 Å². The minimum Gasteiger partial charge on any atom is -0.324 e. The van der Waals surface area contributed by atoms with Crippen molar-refractivity contribution >= 4 is 11.0 Å². The fourth-order valence-electron chi connectivity index (χ4n) is 2.86. The Kier molecular flexibility index (Phi) is 2.49. The number of nitrogens with two attached hydrogens (primary N) is 1. The molecule has 1 fully saturated rings. The van der Waals surface area contributed by atoms with Crippen molar-refractivity contribution in [3.8, 4) is 0 Å². The van der Waals surface area contributed by atoms with Crippen LogP contribution in [0.5, 0.6) is 0 Å². The van der Waals surface area contributed by atoms with E-state index in [1.807, 2.05) is 0 Å². The molecule has 0 spiro atoms. The van der Waals surface area contributed by atoms with Crippen LogP contribution in [0.2, 0.25) is 0 Å². The van der Waals surface area contributed by atoms with Crippen LogP contribution in [0.3, 0.4) is 0 Å². The van der Waals surface area contributed by atoms with Crippen molar-refractivity contribution in [2.45, 2.75) is 51.6 Å². The number of imidazole rings is 1. The number of aromatic nitrogens is 2. The van der Waals surface area contributed by atoms with E-state index in [1.165, 1.54) is 17.5 Å². The highest BCUT2D eigenvalue weighted by Gasteiger charge is 2.39. The first-order chi connectivity index (χ1) is 8.51. The third-order valence-electron chi connectivity index (χ3n) is 4.05. The molecule has 3 nitrogen and oxygen atoms in total. The van der Waals surface area contributed by atoms with Gasteiger partial charge < -0.3 is 10.3 Å². The Bertz CT molecular complexity index is 591. The van der Waals surface area contributed by atoms with Gasteiger partial charge in [-0.05, 0) is 57.7 Å². The van der Waals surface area contributed by atoms with Gasteiger partial charge in [-0.3, -0.25) is 0 Å². The lowest BCUT2D eigenvalue weighted by Gasteiger charge is -2.38. The third kappa shape index (κ3) is 1.57. The molecule has 0 saturated heterocycles. The molecular formula is C15H21N3. The lowest BCUT2D eigenvalue weighted by atomic mass is 9.77. The van der Waals surface area contributed by atoms with E-state index in [-0.39, 0.29) is 5.54 Å². The molecule has 1 aliphatic rings. The molecule has 0 atom stereocenters. The SMILES string of the molecule is Cc1ccc2c(c1)nc(C1(N)CCC1)n2C(C)C. The standard InChI is InChI=1S/C15H21N3/c1-10(2)18-13-6-5-11(3)9-12(13)17-14(18)15(16)7-4-8-15/h5-6,9-10H,4,7-8,16H2,1-3H3. The monoisotopic (exact) mass is 243 g/mol. The molecule has 2 aromatic rings. The van der Waals surface area contributed by atoms with Gasteiger partial charge in [0, 0.05) is 6.04 Å². The Morgan fingerprint density at radius 3 is 2.61 bits per heavy atom. The third-order valence-corrected chi connectivity index (χ3v) is 4.05. The summed E-state index contributed by atoms with van der Waals surface area (Å²) in [7, 11) is 0. The summed E-state index contributed by atoms with van der Waals surface area (Å²) >= 11 is 0. The predicted molar refractivity (Wildman–Crippen MR) is 74.6 cm³/mol. The molecule has 0 radical (unpaired) electrons. The molecule has 0 amide bonds. The molecule has 1 aliphatic carbocycles. The maximum absolute atomic E-state index is 6.48. The molecule has 96 valence electrons. The average Bonchev–Trinajstić information content (AvgIpc) is 2.64. The van der Waals surface area contributed by atoms with Crippen molar-refractivity contribution in [1.82, 2.24) is 9.55 Å². The number of nitrogens with zero attached hydrogens (tertiary/aromatic N) is 2. The smallest absolute Gasteiger partial charge is 0.130 e. The number of benzene rings is 1. The summed E-state index contributed by atoms with van der Waals surface area (Å²) in [6.07, 6.45) is 3.33. The quantitative estimate of drug-likeness (QED) is 0.879. The summed E-state index contributed by atoms with van der Waals surface area (Å²) in [5.74, 6) is 1.07. The van der Waals surface area contributed by atoms with Gasteiger partial charge in [0.05, 0.1) is 16.6 Å². The lowest BCUT2D eigenvalue weighted by Crippen LogP contribution is -2.45. The molecule has 3 rings (SSSR count). The summed E-state index contributed by atoms with van der Waals surface area (Å²) < 4.78 is 2.31. The number of aryl methyl sites for hydroxylation is 1. The van der Waals surface area contributed by atoms with Crippen molar-refractivity contribution < 1.29 is 0 Å². The highest BCUT2D eigenvalue weighted by molar-refractivity contribution is 5.77. The van der Waals surface area contributed by atoms with Crippen LogP contribution in [-0.2, 0) is 5.54 Å². The van der Waals surface area contributed by atoms with Gasteiger partial charge in [0.2, 0.25) is 0 Å². The van der Waals surface area contributed by atoms with E-state index in [2.05, 4.69) is 43.5 Å². The first-order valence-corrected chi connectivity index (χ1v) is 6.79. The number of fused-ring (bicyclic) bond motifs is 1. The molecule has 1 aromatic carbocycles. The molecule has 2 N–H and O–H groups in total. The molecule has 0 unspecified atom stereocenters. The van der Waals surface area contributed by atoms with Gasteiger partial charge in [0.25, 0.3) is 0 Å². The number of rotatable bonds is 2. The van der Waals surface area contributed by atoms with E-state index < -0.39 is 0 Å². The minimum atomic E-state index is -0.197. The Hall–Kier alpha value is -1.35. The number of hydrogen-bond acceptors (Lipinski definition) is 2. The topological polar surface area (TPSA) is 43.8 Å². The second kappa shape index (κ2) is 3.82. The summed E-state index contributed by atoms with van der Waals surface area (Å²) in [6.45, 7) is 6.51. The maximum Gasteiger partial charge on any atom is 0.130 e. The maximum atomic E-state index is 6.48. The van der Waals surface area contributed by atoms with Gasteiger partial charge >= 0.3 is 0 Å². The van der Waals surface area contributed by atoms with E-state index in [9.17, 15) is 0 Å². The Morgan fingerprint density at radius 1 is 1.33 bits per heavy atom. The normalized spacial score (nSPS) is 18.3. The largest absolute Gasteiger partial charge is 0.324 e. The van der Waals surface area contributed by atoms with Crippen LogP contribution in [0, 0.1) is 6.92 Å². The van der Waals surface area contributed by atoms with E-state index in [0.29, 0.717) is 6.04 Å². The van der Waals surface area contributed by atoms with E-state index in [0.717, 1.165) is 24.2 Å². The first-order valence-electron chi connectivity index (χ1n) is 6.79. The zero-order valence-corrected chi connectivity index (χ0v) is 11.4. The molecular weight excluding hydrogens is 222 g/mol. The van der Waals surface area contributed by atoms with Crippen LogP contribution in [0.1, 0.15) is 50.5 Å². The van der Waals surface area contributed by atoms with Crippen molar-refractivity contribution in [2.24, 2.45) is 5.73 Å². The molecule has 1 aromatic heterocycles. The van der Waals surface area contributed by atoms with Crippen molar-refractivity contribution in [1.29, 1.82) is 0 Å². The molecule has 1 heterocycles. The van der Waals surface area contributed by atoms with Gasteiger partial charge in [-0.15, -0.1) is 0 Å². The van der Waals surface area contributed by atoms with Gasteiger partial charge in [0.15, 0.2) is 0 Å². The fraction of sp³-hybridized carbons (Fsp3) is 0.533. The second-order valence-corrected chi connectivity index (χ2v) is 5.90. The lowest BCUT2D eigenvalue weighted by molar-refractivity contribution is 0.228. The van der Waals surface area contributed by atoms with Crippen molar-refractivity contribution in [2.75, 3.05) is 0 Å². The number of hydrogen-bond donors (Lipinski definition) is 1.